The molecule has 2 atom stereocenters. The number of carbonyl (C=O) groups excluding carboxylic acids is 1. The van der Waals surface area contributed by atoms with Crippen LogP contribution in [0.1, 0.15) is 17.9 Å². The third-order valence-corrected chi connectivity index (χ3v) is 4.22. The van der Waals surface area contributed by atoms with Crippen LogP contribution in [0, 0.1) is 0 Å². The first-order valence-electron chi connectivity index (χ1n) is 6.39. The predicted octanol–water partition coefficient (Wildman–Crippen LogP) is 2.15. The van der Waals surface area contributed by atoms with E-state index in [0.717, 1.165) is 4.90 Å². The van der Waals surface area contributed by atoms with Gasteiger partial charge in [0.1, 0.15) is 5.75 Å². The Hall–Kier alpha value is -1.61. The molecule has 1 aromatic rings. The van der Waals surface area contributed by atoms with E-state index in [1.54, 1.807) is 0 Å². The molecule has 5 nitrogen and oxygen atoms in total. The van der Waals surface area contributed by atoms with E-state index in [4.69, 9.17) is 9.29 Å². The van der Waals surface area contributed by atoms with Crippen LogP contribution in [-0.4, -0.2) is 45.9 Å². The highest BCUT2D eigenvalue weighted by molar-refractivity contribution is 7.79. The van der Waals surface area contributed by atoms with Crippen LogP contribution in [-0.2, 0) is 15.9 Å². The Morgan fingerprint density at radius 2 is 2.14 bits per heavy atom. The Kier molecular flexibility index (Phi) is 4.76. The molecular weight excluding hydrogens is 323 g/mol. The molecule has 1 saturated heterocycles. The quantitative estimate of drug-likeness (QED) is 0.859. The molecule has 9 heteroatoms. The van der Waals surface area contributed by atoms with Crippen molar-refractivity contribution in [1.82, 2.24) is 4.90 Å². The molecule has 0 aliphatic carbocycles. The fourth-order valence-electron chi connectivity index (χ4n) is 2.52. The zero-order valence-corrected chi connectivity index (χ0v) is 12.4. The van der Waals surface area contributed by atoms with Gasteiger partial charge in [-0.3, -0.25) is 4.79 Å². The SMILES string of the molecule is COc1ccc(S(=O)O)cc1C1CCN(C(=O)C(F)(F)F)C1. The number of methoxy groups -OCH3 is 1. The monoisotopic (exact) mass is 337 g/mol. The van der Waals surface area contributed by atoms with Gasteiger partial charge in [-0.25, -0.2) is 4.21 Å². The van der Waals surface area contributed by atoms with E-state index in [9.17, 15) is 22.2 Å². The minimum Gasteiger partial charge on any atom is -0.496 e. The van der Waals surface area contributed by atoms with Gasteiger partial charge in [-0.15, -0.1) is 0 Å². The first-order chi connectivity index (χ1) is 10.2. The summed E-state index contributed by atoms with van der Waals surface area (Å²) < 4.78 is 62.8. The van der Waals surface area contributed by atoms with E-state index < -0.39 is 23.2 Å². The van der Waals surface area contributed by atoms with Gasteiger partial charge in [0.25, 0.3) is 0 Å². The molecule has 0 radical (unpaired) electrons. The molecule has 2 unspecified atom stereocenters. The summed E-state index contributed by atoms with van der Waals surface area (Å²) in [6, 6.07) is 4.33. The van der Waals surface area contributed by atoms with Gasteiger partial charge in [0.15, 0.2) is 11.1 Å². The van der Waals surface area contributed by atoms with E-state index in [0.29, 0.717) is 17.7 Å². The maximum absolute atomic E-state index is 12.5. The van der Waals surface area contributed by atoms with Crippen LogP contribution >= 0.6 is 0 Å². The summed E-state index contributed by atoms with van der Waals surface area (Å²) in [6.07, 6.45) is -4.56. The fraction of sp³-hybridized carbons (Fsp3) is 0.462. The lowest BCUT2D eigenvalue weighted by Gasteiger charge is -2.19. The summed E-state index contributed by atoms with van der Waals surface area (Å²) in [5.74, 6) is -1.82. The molecule has 122 valence electrons. The Morgan fingerprint density at radius 1 is 1.45 bits per heavy atom. The molecule has 0 bridgehead atoms. The first kappa shape index (κ1) is 16.8. The molecule has 1 aliphatic heterocycles. The van der Waals surface area contributed by atoms with Crippen molar-refractivity contribution in [1.29, 1.82) is 0 Å². The van der Waals surface area contributed by atoms with Crippen LogP contribution in [0.15, 0.2) is 23.1 Å². The summed E-state index contributed by atoms with van der Waals surface area (Å²) in [7, 11) is 1.40. The number of likely N-dealkylation sites (tertiary alicyclic amines) is 1. The number of carbonyl (C=O) groups is 1. The zero-order chi connectivity index (χ0) is 16.5. The summed E-state index contributed by atoms with van der Waals surface area (Å²) in [5, 5.41) is 0. The highest BCUT2D eigenvalue weighted by Gasteiger charge is 2.44. The molecule has 0 aromatic heterocycles. The lowest BCUT2D eigenvalue weighted by Crippen LogP contribution is -2.39. The molecule has 22 heavy (non-hydrogen) atoms. The van der Waals surface area contributed by atoms with E-state index in [-0.39, 0.29) is 23.9 Å². The number of rotatable bonds is 3. The number of alkyl halides is 3. The van der Waals surface area contributed by atoms with Crippen molar-refractivity contribution in [2.75, 3.05) is 20.2 Å². The number of benzene rings is 1. The number of halogens is 3. The zero-order valence-electron chi connectivity index (χ0n) is 11.6. The molecule has 1 amide bonds. The van der Waals surface area contributed by atoms with Gasteiger partial charge in [0.2, 0.25) is 0 Å². The van der Waals surface area contributed by atoms with Gasteiger partial charge in [-0.2, -0.15) is 13.2 Å². The van der Waals surface area contributed by atoms with E-state index in [1.165, 1.54) is 25.3 Å². The van der Waals surface area contributed by atoms with Gasteiger partial charge in [0, 0.05) is 24.6 Å². The highest BCUT2D eigenvalue weighted by Crippen LogP contribution is 2.36. The molecule has 1 aromatic carbocycles. The van der Waals surface area contributed by atoms with Gasteiger partial charge < -0.3 is 14.2 Å². The van der Waals surface area contributed by atoms with Gasteiger partial charge >= 0.3 is 12.1 Å². The molecule has 2 rings (SSSR count). The van der Waals surface area contributed by atoms with Crippen LogP contribution in [0.4, 0.5) is 13.2 Å². The van der Waals surface area contributed by atoms with Crippen molar-refractivity contribution in [3.05, 3.63) is 23.8 Å². The van der Waals surface area contributed by atoms with Crippen LogP contribution in [0.5, 0.6) is 5.75 Å². The van der Waals surface area contributed by atoms with Crippen molar-refractivity contribution in [2.45, 2.75) is 23.4 Å². The summed E-state index contributed by atoms with van der Waals surface area (Å²) >= 11 is -2.20. The van der Waals surface area contributed by atoms with E-state index in [1.807, 2.05) is 0 Å². The fourth-order valence-corrected chi connectivity index (χ4v) is 2.93. The van der Waals surface area contributed by atoms with Gasteiger partial charge in [0.05, 0.1) is 12.0 Å². The van der Waals surface area contributed by atoms with Crippen molar-refractivity contribution < 1.29 is 31.5 Å². The first-order valence-corrected chi connectivity index (χ1v) is 7.49. The highest BCUT2D eigenvalue weighted by atomic mass is 32.2. The standard InChI is InChI=1S/C13H14F3NO4S/c1-21-11-3-2-9(22(19)20)6-10(11)8-4-5-17(7-8)12(18)13(14,15)16/h2-3,6,8H,4-5,7H2,1H3,(H,19,20). The molecule has 0 spiro atoms. The third-order valence-electron chi connectivity index (χ3n) is 3.56. The molecule has 1 N–H and O–H groups in total. The summed E-state index contributed by atoms with van der Waals surface area (Å²) in [5.41, 5.74) is 0.528. The van der Waals surface area contributed by atoms with Gasteiger partial charge in [-0.1, -0.05) is 0 Å². The minimum atomic E-state index is -4.90. The van der Waals surface area contributed by atoms with Crippen molar-refractivity contribution >= 4 is 17.0 Å². The predicted molar refractivity (Wildman–Crippen MR) is 72.0 cm³/mol. The average molecular weight is 337 g/mol. The number of hydrogen-bond donors (Lipinski definition) is 1. The number of hydrogen-bond acceptors (Lipinski definition) is 3. The van der Waals surface area contributed by atoms with Crippen molar-refractivity contribution in [3.63, 3.8) is 0 Å². The van der Waals surface area contributed by atoms with Crippen LogP contribution in [0.2, 0.25) is 0 Å². The molecule has 0 saturated carbocycles. The number of amides is 1. The Balaban J connectivity index is 2.24. The molecular formula is C13H14F3NO4S. The van der Waals surface area contributed by atoms with E-state index in [2.05, 4.69) is 0 Å². The molecule has 1 heterocycles. The topological polar surface area (TPSA) is 66.8 Å². The maximum Gasteiger partial charge on any atom is 0.471 e. The van der Waals surface area contributed by atoms with Crippen LogP contribution in [0.3, 0.4) is 0 Å². The second-order valence-corrected chi connectivity index (χ2v) is 5.86. The van der Waals surface area contributed by atoms with Crippen LogP contribution in [0.25, 0.3) is 0 Å². The number of ether oxygens (including phenoxy) is 1. The average Bonchev–Trinajstić information content (AvgIpc) is 2.94. The lowest BCUT2D eigenvalue weighted by molar-refractivity contribution is -0.184. The van der Waals surface area contributed by atoms with E-state index >= 15 is 0 Å². The molecule has 1 fully saturated rings. The Morgan fingerprint density at radius 3 is 2.68 bits per heavy atom. The van der Waals surface area contributed by atoms with Crippen molar-refractivity contribution in [3.8, 4) is 5.75 Å². The molecule has 1 aliphatic rings. The second-order valence-electron chi connectivity index (χ2n) is 4.89. The summed E-state index contributed by atoms with van der Waals surface area (Å²) in [4.78, 5) is 12.1. The number of nitrogens with zero attached hydrogens (tertiary/aromatic N) is 1. The largest absolute Gasteiger partial charge is 0.496 e. The van der Waals surface area contributed by atoms with Crippen molar-refractivity contribution in [2.24, 2.45) is 0 Å². The van der Waals surface area contributed by atoms with Gasteiger partial charge in [-0.05, 0) is 24.6 Å². The van der Waals surface area contributed by atoms with Crippen LogP contribution < -0.4 is 4.74 Å². The lowest BCUT2D eigenvalue weighted by atomic mass is 9.97. The minimum absolute atomic E-state index is 0.0153. The normalized spacial score (nSPS) is 20.0. The second kappa shape index (κ2) is 6.25. The maximum atomic E-state index is 12.5. The smallest absolute Gasteiger partial charge is 0.471 e. The Bertz CT molecular complexity index is 605. The third kappa shape index (κ3) is 3.41. The summed E-state index contributed by atoms with van der Waals surface area (Å²) in [6.45, 7) is -0.116. The Labute approximate surface area is 127 Å².